The number of piperidine rings is 1. The molecule has 3 unspecified atom stereocenters. The Bertz CT molecular complexity index is 425. The van der Waals surface area contributed by atoms with Gasteiger partial charge in [0.15, 0.2) is 0 Å². The van der Waals surface area contributed by atoms with E-state index in [9.17, 15) is 14.4 Å². The molecule has 0 N–H and O–H groups in total. The molecule has 2 amide bonds. The molecular formula is C13H19NO5. The smallest absolute Gasteiger partial charge is 0.417 e. The second-order valence-corrected chi connectivity index (χ2v) is 6.09. The number of hydrogen-bond donors (Lipinski definition) is 0. The largest absolute Gasteiger partial charge is 0.468 e. The molecule has 2 aliphatic rings. The minimum atomic E-state index is -0.851. The van der Waals surface area contributed by atoms with Crippen molar-refractivity contribution in [2.45, 2.75) is 32.8 Å². The molecule has 6 heteroatoms. The van der Waals surface area contributed by atoms with Gasteiger partial charge in [-0.15, -0.1) is 0 Å². The summed E-state index contributed by atoms with van der Waals surface area (Å²) in [6, 6.07) is 0. The molecule has 2 fully saturated rings. The Hall–Kier alpha value is -1.59. The van der Waals surface area contributed by atoms with Crippen molar-refractivity contribution < 1.29 is 23.9 Å². The number of amides is 2. The molecule has 3 atom stereocenters. The van der Waals surface area contributed by atoms with Crippen LogP contribution >= 0.6 is 0 Å². The van der Waals surface area contributed by atoms with E-state index < -0.39 is 29.5 Å². The standard InChI is InChI=1S/C13H19NO5/c1-13(2,3)19-12(17)14-6-7-5-8(7)9(10(14)15)11(16)18-4/h7-9H,5-6H2,1-4H3. The molecule has 1 heterocycles. The number of carbonyl (C=O) groups excluding carboxylic acids is 3. The van der Waals surface area contributed by atoms with Crippen LogP contribution in [-0.2, 0) is 19.1 Å². The van der Waals surface area contributed by atoms with Crippen molar-refractivity contribution >= 4 is 18.0 Å². The van der Waals surface area contributed by atoms with Crippen molar-refractivity contribution in [1.29, 1.82) is 0 Å². The van der Waals surface area contributed by atoms with Gasteiger partial charge in [-0.25, -0.2) is 9.69 Å². The summed E-state index contributed by atoms with van der Waals surface area (Å²) in [5, 5.41) is 0. The first-order chi connectivity index (χ1) is 8.74. The van der Waals surface area contributed by atoms with Gasteiger partial charge in [0.25, 0.3) is 0 Å². The predicted molar refractivity (Wildman–Crippen MR) is 65.1 cm³/mol. The van der Waals surface area contributed by atoms with Gasteiger partial charge in [-0.2, -0.15) is 0 Å². The lowest BCUT2D eigenvalue weighted by Gasteiger charge is -2.31. The summed E-state index contributed by atoms with van der Waals surface area (Å²) in [7, 11) is 1.25. The molecule has 0 bridgehead atoms. The lowest BCUT2D eigenvalue weighted by Crippen LogP contribution is -2.50. The van der Waals surface area contributed by atoms with Crippen molar-refractivity contribution in [3.63, 3.8) is 0 Å². The molecule has 19 heavy (non-hydrogen) atoms. The highest BCUT2D eigenvalue weighted by Gasteiger charge is 2.57. The number of methoxy groups -OCH3 is 1. The normalized spacial score (nSPS) is 29.6. The van der Waals surface area contributed by atoms with Crippen LogP contribution in [0.5, 0.6) is 0 Å². The molecule has 0 aromatic rings. The van der Waals surface area contributed by atoms with Crippen molar-refractivity contribution in [2.24, 2.45) is 17.8 Å². The molecule has 0 aromatic carbocycles. The van der Waals surface area contributed by atoms with E-state index in [1.54, 1.807) is 20.8 Å². The molecule has 106 valence electrons. The van der Waals surface area contributed by atoms with Gasteiger partial charge in [0.05, 0.1) is 7.11 Å². The highest BCUT2D eigenvalue weighted by Crippen LogP contribution is 2.49. The maximum atomic E-state index is 12.2. The van der Waals surface area contributed by atoms with Crippen molar-refractivity contribution in [1.82, 2.24) is 4.90 Å². The summed E-state index contributed by atoms with van der Waals surface area (Å²) in [5.41, 5.74) is -0.668. The Labute approximate surface area is 112 Å². The van der Waals surface area contributed by atoms with Gasteiger partial charge in [0, 0.05) is 6.54 Å². The summed E-state index contributed by atoms with van der Waals surface area (Å²) in [5.74, 6) is -1.69. The third kappa shape index (κ3) is 2.72. The summed E-state index contributed by atoms with van der Waals surface area (Å²) >= 11 is 0. The number of imide groups is 1. The number of nitrogens with zero attached hydrogens (tertiary/aromatic N) is 1. The lowest BCUT2D eigenvalue weighted by molar-refractivity contribution is -0.156. The maximum absolute atomic E-state index is 12.2. The molecule has 6 nitrogen and oxygen atoms in total. The number of ether oxygens (including phenoxy) is 2. The van der Waals surface area contributed by atoms with Crippen molar-refractivity contribution in [3.05, 3.63) is 0 Å². The average Bonchev–Trinajstić information content (AvgIpc) is 3.03. The van der Waals surface area contributed by atoms with E-state index in [2.05, 4.69) is 4.74 Å². The molecular weight excluding hydrogens is 250 g/mol. The highest BCUT2D eigenvalue weighted by atomic mass is 16.6. The topological polar surface area (TPSA) is 72.9 Å². The summed E-state index contributed by atoms with van der Waals surface area (Å²) in [6.45, 7) is 5.54. The quantitative estimate of drug-likeness (QED) is 0.528. The van der Waals surface area contributed by atoms with Crippen LogP contribution in [0, 0.1) is 17.8 Å². The van der Waals surface area contributed by atoms with E-state index in [1.807, 2.05) is 0 Å². The van der Waals surface area contributed by atoms with Gasteiger partial charge in [-0.3, -0.25) is 9.59 Å². The first-order valence-corrected chi connectivity index (χ1v) is 6.37. The number of hydrogen-bond acceptors (Lipinski definition) is 5. The van der Waals surface area contributed by atoms with Gasteiger partial charge in [0.1, 0.15) is 11.5 Å². The zero-order valence-corrected chi connectivity index (χ0v) is 11.6. The first kappa shape index (κ1) is 13.8. The molecule has 0 spiro atoms. The third-order valence-electron chi connectivity index (χ3n) is 3.42. The second kappa shape index (κ2) is 4.51. The first-order valence-electron chi connectivity index (χ1n) is 6.37. The fourth-order valence-electron chi connectivity index (χ4n) is 2.45. The number of carbonyl (C=O) groups is 3. The van der Waals surface area contributed by atoms with Gasteiger partial charge in [-0.1, -0.05) is 0 Å². The van der Waals surface area contributed by atoms with Crippen molar-refractivity contribution in [3.8, 4) is 0 Å². The number of esters is 1. The Morgan fingerprint density at radius 3 is 2.47 bits per heavy atom. The average molecular weight is 269 g/mol. The minimum Gasteiger partial charge on any atom is -0.468 e. The Morgan fingerprint density at radius 1 is 1.32 bits per heavy atom. The van der Waals surface area contributed by atoms with Gasteiger partial charge in [-0.05, 0) is 39.0 Å². The summed E-state index contributed by atoms with van der Waals surface area (Å²) < 4.78 is 9.84. The predicted octanol–water partition coefficient (Wildman–Crippen LogP) is 1.19. The van der Waals surface area contributed by atoms with E-state index >= 15 is 0 Å². The number of likely N-dealkylation sites (tertiary alicyclic amines) is 1. The molecule has 0 radical (unpaired) electrons. The molecule has 1 aliphatic carbocycles. The van der Waals surface area contributed by atoms with Gasteiger partial charge < -0.3 is 9.47 Å². The van der Waals surface area contributed by atoms with Crippen LogP contribution in [0.1, 0.15) is 27.2 Å². The van der Waals surface area contributed by atoms with Crippen LogP contribution in [0.3, 0.4) is 0 Å². The molecule has 0 aromatic heterocycles. The molecule has 2 rings (SSSR count). The van der Waals surface area contributed by atoms with Crippen LogP contribution < -0.4 is 0 Å². The number of fused-ring (bicyclic) bond motifs is 1. The monoisotopic (exact) mass is 269 g/mol. The van der Waals surface area contributed by atoms with Crippen LogP contribution in [-0.4, -0.2) is 42.1 Å². The van der Waals surface area contributed by atoms with E-state index in [0.717, 1.165) is 11.3 Å². The summed E-state index contributed by atoms with van der Waals surface area (Å²) in [4.78, 5) is 36.9. The lowest BCUT2D eigenvalue weighted by atomic mass is 9.97. The minimum absolute atomic E-state index is 0.0265. The molecule has 1 aliphatic heterocycles. The summed E-state index contributed by atoms with van der Waals surface area (Å²) in [6.07, 6.45) is 0.0990. The SMILES string of the molecule is COC(=O)C1C(=O)N(C(=O)OC(C)(C)C)CC2CC21. The van der Waals surface area contributed by atoms with E-state index in [-0.39, 0.29) is 11.8 Å². The second-order valence-electron chi connectivity index (χ2n) is 6.09. The van der Waals surface area contributed by atoms with E-state index in [0.29, 0.717) is 6.54 Å². The zero-order chi connectivity index (χ0) is 14.4. The van der Waals surface area contributed by atoms with E-state index in [4.69, 9.17) is 4.74 Å². The Morgan fingerprint density at radius 2 is 1.95 bits per heavy atom. The van der Waals surface area contributed by atoms with Crippen LogP contribution in [0.25, 0.3) is 0 Å². The molecule has 1 saturated carbocycles. The number of rotatable bonds is 1. The fraction of sp³-hybridized carbons (Fsp3) is 0.769. The van der Waals surface area contributed by atoms with Gasteiger partial charge in [0.2, 0.25) is 5.91 Å². The van der Waals surface area contributed by atoms with Crippen LogP contribution in [0.4, 0.5) is 4.79 Å². The zero-order valence-electron chi connectivity index (χ0n) is 11.6. The van der Waals surface area contributed by atoms with E-state index in [1.165, 1.54) is 7.11 Å². The van der Waals surface area contributed by atoms with Crippen molar-refractivity contribution in [2.75, 3.05) is 13.7 Å². The third-order valence-corrected chi connectivity index (χ3v) is 3.42. The maximum Gasteiger partial charge on any atom is 0.417 e. The fourth-order valence-corrected chi connectivity index (χ4v) is 2.45. The van der Waals surface area contributed by atoms with Gasteiger partial charge >= 0.3 is 12.1 Å². The highest BCUT2D eigenvalue weighted by molar-refractivity contribution is 6.05. The Balaban J connectivity index is 2.12. The molecule has 1 saturated heterocycles. The Kier molecular flexibility index (Phi) is 3.28. The van der Waals surface area contributed by atoms with Crippen LogP contribution in [0.2, 0.25) is 0 Å². The van der Waals surface area contributed by atoms with Crippen LogP contribution in [0.15, 0.2) is 0 Å².